The Bertz CT molecular complexity index is 511. The number of anilines is 1. The number of fused-ring (bicyclic) bond motifs is 1. The zero-order valence-electron chi connectivity index (χ0n) is 10.2. The SMILES string of the molecule is Cc1n[nH]c2cncc(NC3CCCCC3)c12. The first-order valence-electron chi connectivity index (χ1n) is 6.40. The van der Waals surface area contributed by atoms with E-state index >= 15 is 0 Å². The van der Waals surface area contributed by atoms with E-state index in [4.69, 9.17) is 0 Å². The normalized spacial score (nSPS) is 17.5. The van der Waals surface area contributed by atoms with Crippen molar-refractivity contribution in [2.45, 2.75) is 45.1 Å². The van der Waals surface area contributed by atoms with E-state index in [9.17, 15) is 0 Å². The fourth-order valence-electron chi connectivity index (χ4n) is 2.71. The zero-order valence-corrected chi connectivity index (χ0v) is 10.2. The van der Waals surface area contributed by atoms with Gasteiger partial charge in [-0.3, -0.25) is 10.1 Å². The smallest absolute Gasteiger partial charge is 0.0857 e. The number of rotatable bonds is 2. The molecule has 4 heteroatoms. The second-order valence-corrected chi connectivity index (χ2v) is 4.90. The van der Waals surface area contributed by atoms with Gasteiger partial charge >= 0.3 is 0 Å². The maximum absolute atomic E-state index is 4.26. The van der Waals surface area contributed by atoms with E-state index in [1.54, 1.807) is 0 Å². The highest BCUT2D eigenvalue weighted by molar-refractivity contribution is 5.92. The Balaban J connectivity index is 1.91. The molecule has 0 unspecified atom stereocenters. The number of aromatic amines is 1. The summed E-state index contributed by atoms with van der Waals surface area (Å²) in [6.07, 6.45) is 10.4. The van der Waals surface area contributed by atoms with Crippen molar-refractivity contribution in [3.8, 4) is 0 Å². The number of hydrogen-bond acceptors (Lipinski definition) is 3. The molecule has 1 saturated carbocycles. The van der Waals surface area contributed by atoms with Crippen LogP contribution >= 0.6 is 0 Å². The lowest BCUT2D eigenvalue weighted by molar-refractivity contribution is 0.463. The topological polar surface area (TPSA) is 53.6 Å². The number of aryl methyl sites for hydroxylation is 1. The monoisotopic (exact) mass is 230 g/mol. The molecule has 4 nitrogen and oxygen atoms in total. The van der Waals surface area contributed by atoms with Crippen LogP contribution in [0.2, 0.25) is 0 Å². The lowest BCUT2D eigenvalue weighted by Crippen LogP contribution is -2.22. The molecule has 1 aliphatic carbocycles. The van der Waals surface area contributed by atoms with Gasteiger partial charge in [0.2, 0.25) is 0 Å². The van der Waals surface area contributed by atoms with Gasteiger partial charge in [0.15, 0.2) is 0 Å². The maximum Gasteiger partial charge on any atom is 0.0857 e. The minimum absolute atomic E-state index is 0.602. The van der Waals surface area contributed by atoms with Gasteiger partial charge in [-0.1, -0.05) is 19.3 Å². The molecule has 0 bridgehead atoms. The van der Waals surface area contributed by atoms with Crippen LogP contribution in [0.1, 0.15) is 37.8 Å². The minimum atomic E-state index is 0.602. The molecule has 3 rings (SSSR count). The molecular formula is C13H18N4. The number of nitrogens with zero attached hydrogens (tertiary/aromatic N) is 2. The second-order valence-electron chi connectivity index (χ2n) is 4.90. The summed E-state index contributed by atoms with van der Waals surface area (Å²) in [6, 6.07) is 0.602. The predicted molar refractivity (Wildman–Crippen MR) is 69.1 cm³/mol. The van der Waals surface area contributed by atoms with Gasteiger partial charge in [-0.25, -0.2) is 0 Å². The molecule has 0 saturated heterocycles. The van der Waals surface area contributed by atoms with Gasteiger partial charge in [-0.05, 0) is 19.8 Å². The quantitative estimate of drug-likeness (QED) is 0.833. The van der Waals surface area contributed by atoms with Crippen molar-refractivity contribution in [1.29, 1.82) is 0 Å². The Morgan fingerprint density at radius 1 is 1.24 bits per heavy atom. The van der Waals surface area contributed by atoms with Crippen LogP contribution in [-0.2, 0) is 0 Å². The number of pyridine rings is 1. The van der Waals surface area contributed by atoms with Crippen molar-refractivity contribution in [2.24, 2.45) is 0 Å². The summed E-state index contributed by atoms with van der Waals surface area (Å²) in [7, 11) is 0. The number of hydrogen-bond donors (Lipinski definition) is 2. The van der Waals surface area contributed by atoms with Crippen LogP contribution in [0, 0.1) is 6.92 Å². The minimum Gasteiger partial charge on any atom is -0.380 e. The number of H-pyrrole nitrogens is 1. The van der Waals surface area contributed by atoms with E-state index < -0.39 is 0 Å². The fourth-order valence-corrected chi connectivity index (χ4v) is 2.71. The van der Waals surface area contributed by atoms with E-state index in [1.165, 1.54) is 37.5 Å². The molecule has 1 fully saturated rings. The molecule has 2 N–H and O–H groups in total. The summed E-state index contributed by atoms with van der Waals surface area (Å²) in [5, 5.41) is 12.1. The summed E-state index contributed by atoms with van der Waals surface area (Å²) in [6.45, 7) is 2.03. The third-order valence-corrected chi connectivity index (χ3v) is 3.62. The third-order valence-electron chi connectivity index (χ3n) is 3.62. The molecule has 0 spiro atoms. The number of aromatic nitrogens is 3. The van der Waals surface area contributed by atoms with Crippen LogP contribution in [0.5, 0.6) is 0 Å². The van der Waals surface area contributed by atoms with Gasteiger partial charge < -0.3 is 5.32 Å². The summed E-state index contributed by atoms with van der Waals surface area (Å²) < 4.78 is 0. The van der Waals surface area contributed by atoms with E-state index in [-0.39, 0.29) is 0 Å². The lowest BCUT2D eigenvalue weighted by atomic mass is 9.95. The Morgan fingerprint density at radius 2 is 2.06 bits per heavy atom. The van der Waals surface area contributed by atoms with E-state index in [0.717, 1.165) is 16.9 Å². The summed E-state index contributed by atoms with van der Waals surface area (Å²) in [5.74, 6) is 0. The van der Waals surface area contributed by atoms with E-state index in [0.29, 0.717) is 6.04 Å². The first-order chi connectivity index (χ1) is 8.34. The van der Waals surface area contributed by atoms with E-state index in [2.05, 4.69) is 20.5 Å². The summed E-state index contributed by atoms with van der Waals surface area (Å²) in [4.78, 5) is 4.26. The van der Waals surface area contributed by atoms with Gasteiger partial charge in [0.1, 0.15) is 0 Å². The standard InChI is InChI=1S/C13H18N4/c1-9-13-11(7-14-8-12(13)17-16-9)15-10-5-3-2-4-6-10/h7-8,10,15H,2-6H2,1H3,(H,16,17). The van der Waals surface area contributed by atoms with Crippen molar-refractivity contribution in [1.82, 2.24) is 15.2 Å². The van der Waals surface area contributed by atoms with Gasteiger partial charge in [-0.15, -0.1) is 0 Å². The average molecular weight is 230 g/mol. The number of nitrogens with one attached hydrogen (secondary N) is 2. The molecule has 0 atom stereocenters. The first-order valence-corrected chi connectivity index (χ1v) is 6.40. The molecule has 0 aromatic carbocycles. The van der Waals surface area contributed by atoms with Crippen molar-refractivity contribution in [3.63, 3.8) is 0 Å². The van der Waals surface area contributed by atoms with Gasteiger partial charge in [0, 0.05) is 11.4 Å². The van der Waals surface area contributed by atoms with Crippen LogP contribution in [0.25, 0.3) is 10.9 Å². The Morgan fingerprint density at radius 3 is 2.88 bits per heavy atom. The van der Waals surface area contributed by atoms with Gasteiger partial charge in [0.25, 0.3) is 0 Å². The Labute approximate surface area is 101 Å². The van der Waals surface area contributed by atoms with Crippen molar-refractivity contribution in [3.05, 3.63) is 18.1 Å². The maximum atomic E-state index is 4.26. The summed E-state index contributed by atoms with van der Waals surface area (Å²) >= 11 is 0. The van der Waals surface area contributed by atoms with Gasteiger partial charge in [0.05, 0.1) is 29.3 Å². The van der Waals surface area contributed by atoms with Gasteiger partial charge in [-0.2, -0.15) is 5.10 Å². The van der Waals surface area contributed by atoms with E-state index in [1.807, 2.05) is 19.3 Å². The molecule has 90 valence electrons. The van der Waals surface area contributed by atoms with Crippen molar-refractivity contribution < 1.29 is 0 Å². The van der Waals surface area contributed by atoms with Crippen LogP contribution in [0.3, 0.4) is 0 Å². The van der Waals surface area contributed by atoms with Crippen LogP contribution in [0.4, 0.5) is 5.69 Å². The molecule has 0 radical (unpaired) electrons. The Kier molecular flexibility index (Phi) is 2.71. The fraction of sp³-hybridized carbons (Fsp3) is 0.538. The second kappa shape index (κ2) is 4.35. The molecule has 2 aromatic rings. The molecule has 0 amide bonds. The lowest BCUT2D eigenvalue weighted by Gasteiger charge is -2.24. The van der Waals surface area contributed by atoms with Crippen molar-refractivity contribution >= 4 is 16.6 Å². The highest BCUT2D eigenvalue weighted by Crippen LogP contribution is 2.27. The largest absolute Gasteiger partial charge is 0.380 e. The molecule has 2 heterocycles. The van der Waals surface area contributed by atoms with Crippen molar-refractivity contribution in [2.75, 3.05) is 5.32 Å². The van der Waals surface area contributed by atoms with Crippen LogP contribution in [-0.4, -0.2) is 21.2 Å². The average Bonchev–Trinajstić information content (AvgIpc) is 2.74. The predicted octanol–water partition coefficient (Wildman–Crippen LogP) is 3.01. The molecule has 0 aliphatic heterocycles. The van der Waals surface area contributed by atoms with Crippen LogP contribution in [0.15, 0.2) is 12.4 Å². The molecule has 17 heavy (non-hydrogen) atoms. The molecule has 1 aliphatic rings. The first kappa shape index (κ1) is 10.6. The molecule has 2 aromatic heterocycles. The molecular weight excluding hydrogens is 212 g/mol. The summed E-state index contributed by atoms with van der Waals surface area (Å²) in [5.41, 5.74) is 3.18. The highest BCUT2D eigenvalue weighted by atomic mass is 15.1. The highest BCUT2D eigenvalue weighted by Gasteiger charge is 2.15. The van der Waals surface area contributed by atoms with Crippen LogP contribution < -0.4 is 5.32 Å². The Hall–Kier alpha value is -1.58. The third kappa shape index (κ3) is 1.99. The zero-order chi connectivity index (χ0) is 11.7.